The van der Waals surface area contributed by atoms with Crippen LogP contribution in [0.1, 0.15) is 204 Å². The Kier molecular flexibility index (Phi) is 40.1. The third-order valence-corrected chi connectivity index (χ3v) is 25.0. The van der Waals surface area contributed by atoms with Crippen LogP contribution in [-0.2, 0) is 63.9 Å². The SMILES string of the molecule is CC[C@H](C)C[C@H](C)CCCCCCCCC(=O)C[C@H]1C[C@@H](O)[C@@H](NCCNC(=O)OCC2c3ccccc3-c3ccccc32)NC(=O)[C@@H]2[C@@H](O)CCN2C(=O)[C@H]([C@H](O)CCNC(=O)[C@@H](CC(=O)[C@H](CC(C)C)NC(=O)[C@@H](CC=O)CCSC)Cc2ccccc2)NC(=O)[C@H]([C@H](O)[C@@H](O)c2ccc(O)cc2)CC(=O)[C@@H]2C[C@@H](O)CN2C(=O)[C@H]([C@@H](C)O)NC1=O. The first kappa shape index (κ1) is 99.4. The van der Waals surface area contributed by atoms with Crippen molar-refractivity contribution in [1.29, 1.82) is 0 Å². The molecule has 0 saturated carbocycles. The number of carbonyl (C=O) groups excluding carboxylic acids is 12. The van der Waals surface area contributed by atoms with Gasteiger partial charge in [-0.3, -0.25) is 53.3 Å². The minimum Gasteiger partial charge on any atom is -0.508 e. The fraction of sp³-hybridized carbons (Fsp3) is 0.609. The molecule has 3 saturated heterocycles. The second-order valence-electron chi connectivity index (χ2n) is 34.5. The Morgan fingerprint density at radius 2 is 1.30 bits per heavy atom. The van der Waals surface area contributed by atoms with E-state index in [1.165, 1.54) is 23.9 Å². The molecule has 0 bridgehead atoms. The molecule has 8 rings (SSSR count). The van der Waals surface area contributed by atoms with E-state index in [-0.39, 0.29) is 74.9 Å². The molecule has 0 spiro atoms. The summed E-state index contributed by atoms with van der Waals surface area (Å²) in [5, 5.41) is 114. The highest BCUT2D eigenvalue weighted by Crippen LogP contribution is 2.45. The van der Waals surface area contributed by atoms with Gasteiger partial charge in [-0.2, -0.15) is 11.8 Å². The summed E-state index contributed by atoms with van der Waals surface area (Å²) in [6.45, 7) is 9.46. The number of aromatic hydroxyl groups is 1. The number of aliphatic hydroxyl groups is 7. The molecular formula is C92H131N9O21S. The molecule has 8 amide bonds. The van der Waals surface area contributed by atoms with Crippen LogP contribution in [0, 0.1) is 41.4 Å². The number of phenols is 1. The van der Waals surface area contributed by atoms with Gasteiger partial charge in [0.05, 0.1) is 54.6 Å². The molecule has 676 valence electrons. The van der Waals surface area contributed by atoms with Gasteiger partial charge in [0.15, 0.2) is 11.6 Å². The Bertz CT molecular complexity index is 4100. The van der Waals surface area contributed by atoms with Gasteiger partial charge in [-0.25, -0.2) is 4.79 Å². The van der Waals surface area contributed by atoms with E-state index in [1.807, 2.05) is 68.6 Å². The number of unbranched alkanes of at least 4 members (excludes halogenated alkanes) is 5. The zero-order chi connectivity index (χ0) is 89.6. The summed E-state index contributed by atoms with van der Waals surface area (Å²) in [5.74, 6) is -13.6. The first-order valence-electron chi connectivity index (χ1n) is 43.8. The molecular weight excluding hydrogens is 1600 g/mol. The Labute approximate surface area is 725 Å². The number of ketones is 3. The van der Waals surface area contributed by atoms with E-state index in [0.717, 1.165) is 96.1 Å². The fourth-order valence-corrected chi connectivity index (χ4v) is 17.7. The first-order valence-corrected chi connectivity index (χ1v) is 45.2. The number of aldehydes is 1. The predicted molar refractivity (Wildman–Crippen MR) is 462 cm³/mol. The van der Waals surface area contributed by atoms with Crippen LogP contribution in [0.5, 0.6) is 5.75 Å². The first-order chi connectivity index (χ1) is 58.8. The minimum absolute atomic E-state index is 0.00239. The standard InChI is InChI=1S/C92H131N9O21S/c1-8-55(4)45-56(5)22-14-11-9-10-12-17-25-64(105)47-62-49-78(111)84(93-39-40-95-92(121)122-53-71-68-28-20-18-26-66(68)67-27-19-21-29-69(67)71)99-89(118)81-75(108)35-41-100(81)91(120)80(74(107)34-38-94-85(114)61(46-58-23-15-13-16-24-58)48-76(109)72(44-54(2)3)96-86(115)60(36-42-102)37-43-123-7)98-88(117)70(83(113)82(112)59-30-32-63(104)33-31-59)51-77(110)73-50-65(106)52-101(73)90(119)79(57(6)103)97-87(62)116/h13,15-16,18-21,23-24,26-33,42,54-57,60-62,65,70-75,78-84,93,103-104,106-108,111-113H,8-12,14,17,22,25,34-41,43-53H2,1-7H3,(H,94,114)(H,95,121)(H,96,115)(H,97,116)(H,98,117)(H,99,118)/t55-,56+,57+,60-,61+,62-,65+,70-,72-,73-,74+,75-,78+,79-,80-,81-,82-,83-,84-/m0/s1. The van der Waals surface area contributed by atoms with Crippen molar-refractivity contribution in [3.05, 3.63) is 125 Å². The quantitative estimate of drug-likeness (QED) is 0.0181. The second kappa shape index (κ2) is 49.6. The zero-order valence-corrected chi connectivity index (χ0v) is 72.8. The van der Waals surface area contributed by atoms with Crippen LogP contribution < -0.4 is 37.2 Å². The van der Waals surface area contributed by atoms with Crippen molar-refractivity contribution in [2.75, 3.05) is 51.3 Å². The zero-order valence-electron chi connectivity index (χ0n) is 72.0. The Hall–Kier alpha value is -9.05. The molecule has 4 aromatic rings. The summed E-state index contributed by atoms with van der Waals surface area (Å²) < 4.78 is 5.78. The number of carbonyl (C=O) groups is 12. The number of phenolic OH excluding ortho intramolecular Hbond substituents is 1. The number of nitrogens with one attached hydrogen (secondary N) is 7. The summed E-state index contributed by atoms with van der Waals surface area (Å²) in [6.07, 6.45) is -8.81. The predicted octanol–water partition coefficient (Wildman–Crippen LogP) is 5.91. The summed E-state index contributed by atoms with van der Waals surface area (Å²) in [6, 6.07) is 20.0. The van der Waals surface area contributed by atoms with Crippen molar-refractivity contribution in [1.82, 2.24) is 47.0 Å². The highest BCUT2D eigenvalue weighted by molar-refractivity contribution is 7.98. The van der Waals surface area contributed by atoms with Gasteiger partial charge in [-0.15, -0.1) is 0 Å². The van der Waals surface area contributed by atoms with Gasteiger partial charge in [0.2, 0.25) is 41.4 Å². The highest BCUT2D eigenvalue weighted by atomic mass is 32.2. The number of Topliss-reactive ketones (excluding diaryl/α,β-unsaturated/α-hetero) is 3. The Balaban J connectivity index is 1.13. The second-order valence-corrected chi connectivity index (χ2v) is 35.5. The van der Waals surface area contributed by atoms with E-state index in [1.54, 1.807) is 30.3 Å². The van der Waals surface area contributed by atoms with Crippen LogP contribution in [0.15, 0.2) is 103 Å². The third-order valence-electron chi connectivity index (χ3n) is 24.4. The molecule has 0 aromatic heterocycles. The number of aliphatic hydroxyl groups excluding tert-OH is 7. The van der Waals surface area contributed by atoms with Crippen LogP contribution in [0.3, 0.4) is 0 Å². The molecule has 4 aromatic carbocycles. The van der Waals surface area contributed by atoms with Gasteiger partial charge in [0, 0.05) is 94.9 Å². The molecule has 3 fully saturated rings. The Morgan fingerprint density at radius 3 is 1.95 bits per heavy atom. The molecule has 19 atom stereocenters. The smallest absolute Gasteiger partial charge is 0.407 e. The lowest BCUT2D eigenvalue weighted by atomic mass is 9.86. The van der Waals surface area contributed by atoms with Gasteiger partial charge in [-0.05, 0) is 134 Å². The average Bonchev–Trinajstić information content (AvgIpc) is 1.37. The van der Waals surface area contributed by atoms with Crippen molar-refractivity contribution in [2.45, 2.75) is 261 Å². The van der Waals surface area contributed by atoms with Crippen LogP contribution in [-0.4, -0.2) is 246 Å². The average molecular weight is 1730 g/mol. The molecule has 30 nitrogen and oxygen atoms in total. The van der Waals surface area contributed by atoms with Crippen molar-refractivity contribution < 1.29 is 103 Å². The Morgan fingerprint density at radius 1 is 0.659 bits per heavy atom. The lowest BCUT2D eigenvalue weighted by Crippen LogP contribution is -2.63. The third kappa shape index (κ3) is 29.3. The number of ether oxygens (including phenoxy) is 1. The normalized spacial score (nSPS) is 23.4. The van der Waals surface area contributed by atoms with Crippen LogP contribution in [0.4, 0.5) is 4.79 Å². The maximum atomic E-state index is 15.8. The van der Waals surface area contributed by atoms with Crippen LogP contribution in [0.25, 0.3) is 11.1 Å². The molecule has 31 heteroatoms. The number of rotatable bonds is 43. The van der Waals surface area contributed by atoms with Crippen molar-refractivity contribution in [3.63, 3.8) is 0 Å². The summed E-state index contributed by atoms with van der Waals surface area (Å²) in [5.41, 5.74) is 4.44. The van der Waals surface area contributed by atoms with Crippen molar-refractivity contribution >= 4 is 82.8 Å². The molecule has 123 heavy (non-hydrogen) atoms. The number of thioether (sulfide) groups is 1. The van der Waals surface area contributed by atoms with Crippen molar-refractivity contribution in [3.8, 4) is 16.9 Å². The van der Waals surface area contributed by atoms with E-state index in [0.29, 0.717) is 48.7 Å². The molecule has 1 aliphatic carbocycles. The van der Waals surface area contributed by atoms with Gasteiger partial charge in [0.1, 0.15) is 54.8 Å². The van der Waals surface area contributed by atoms with Gasteiger partial charge < -0.3 is 92.1 Å². The number of hydrogen-bond acceptors (Lipinski definition) is 23. The molecule has 0 unspecified atom stereocenters. The van der Waals surface area contributed by atoms with E-state index in [4.69, 9.17) is 4.74 Å². The van der Waals surface area contributed by atoms with E-state index in [2.05, 4.69) is 58.0 Å². The van der Waals surface area contributed by atoms with E-state index >= 15 is 28.8 Å². The molecule has 3 heterocycles. The van der Waals surface area contributed by atoms with Gasteiger partial charge in [-0.1, -0.05) is 171 Å². The van der Waals surface area contributed by atoms with Crippen molar-refractivity contribution in [2.24, 2.45) is 41.4 Å². The number of amides is 8. The molecule has 3 aliphatic heterocycles. The lowest BCUT2D eigenvalue weighted by Gasteiger charge is -2.35. The highest BCUT2D eigenvalue weighted by Gasteiger charge is 2.50. The van der Waals surface area contributed by atoms with E-state index in [9.17, 15) is 69.6 Å². The largest absolute Gasteiger partial charge is 0.508 e. The number of alkyl carbamates (subject to hydrolysis) is 1. The van der Waals surface area contributed by atoms with Crippen LogP contribution in [0.2, 0.25) is 0 Å². The number of nitrogens with zero attached hydrogens (tertiary/aromatic N) is 2. The summed E-state index contributed by atoms with van der Waals surface area (Å²) in [7, 11) is 0. The topological polar surface area (TPSA) is 467 Å². The monoisotopic (exact) mass is 1730 g/mol. The maximum absolute atomic E-state index is 15.8. The molecule has 0 radical (unpaired) electrons. The number of fused-ring (bicyclic) bond motifs is 5. The maximum Gasteiger partial charge on any atom is 0.407 e. The minimum atomic E-state index is -2.33. The van der Waals surface area contributed by atoms with Gasteiger partial charge >= 0.3 is 6.09 Å². The lowest BCUT2D eigenvalue weighted by molar-refractivity contribution is -0.149. The van der Waals surface area contributed by atoms with E-state index < -0.39 is 226 Å². The van der Waals surface area contributed by atoms with Crippen LogP contribution >= 0.6 is 11.8 Å². The molecule has 4 aliphatic rings. The number of benzene rings is 4. The summed E-state index contributed by atoms with van der Waals surface area (Å²) in [4.78, 5) is 176. The van der Waals surface area contributed by atoms with Gasteiger partial charge in [0.25, 0.3) is 0 Å². The summed E-state index contributed by atoms with van der Waals surface area (Å²) >= 11 is 1.49. The fourth-order valence-electron chi connectivity index (χ4n) is 17.2. The number of hydrogen-bond donors (Lipinski definition) is 15. The molecule has 15 N–H and O–H groups in total.